The van der Waals surface area contributed by atoms with Crippen LogP contribution in [0.5, 0.6) is 0 Å². The van der Waals surface area contributed by atoms with Gasteiger partial charge in [-0.05, 0) is 19.4 Å². The summed E-state index contributed by atoms with van der Waals surface area (Å²) in [4.78, 5) is 23.7. The van der Waals surface area contributed by atoms with E-state index in [4.69, 9.17) is 15.2 Å². The molecule has 0 aromatic carbocycles. The van der Waals surface area contributed by atoms with Crippen molar-refractivity contribution in [2.24, 2.45) is 5.73 Å². The molecule has 0 aliphatic rings. The first kappa shape index (κ1) is 16.6. The van der Waals surface area contributed by atoms with Gasteiger partial charge in [-0.1, -0.05) is 0 Å². The van der Waals surface area contributed by atoms with Crippen molar-refractivity contribution in [1.29, 1.82) is 0 Å². The van der Waals surface area contributed by atoms with Crippen molar-refractivity contribution in [2.75, 3.05) is 33.5 Å². The van der Waals surface area contributed by atoms with Crippen molar-refractivity contribution < 1.29 is 9.47 Å². The molecule has 0 spiro atoms. The van der Waals surface area contributed by atoms with E-state index in [-0.39, 0.29) is 11.2 Å². The summed E-state index contributed by atoms with van der Waals surface area (Å²) in [5.74, 6) is 0. The zero-order valence-corrected chi connectivity index (χ0v) is 11.9. The zero-order chi connectivity index (χ0) is 14.8. The minimum absolute atomic E-state index is 0.281. The van der Waals surface area contributed by atoms with Gasteiger partial charge in [0, 0.05) is 39.1 Å². The highest BCUT2D eigenvalue weighted by Gasteiger charge is 2.04. The molecule has 7 nitrogen and oxygen atoms in total. The van der Waals surface area contributed by atoms with Crippen LogP contribution in [0.25, 0.3) is 0 Å². The Labute approximate surface area is 117 Å². The Morgan fingerprint density at radius 2 is 1.95 bits per heavy atom. The van der Waals surface area contributed by atoms with E-state index in [1.807, 2.05) is 0 Å². The van der Waals surface area contributed by atoms with E-state index in [1.165, 1.54) is 21.4 Å². The van der Waals surface area contributed by atoms with Crippen LogP contribution >= 0.6 is 0 Å². The van der Waals surface area contributed by atoms with Crippen molar-refractivity contribution in [3.8, 4) is 0 Å². The highest BCUT2D eigenvalue weighted by atomic mass is 16.5. The fraction of sp³-hybridized carbons (Fsp3) is 0.692. The summed E-state index contributed by atoms with van der Waals surface area (Å²) in [5.41, 5.74) is 4.83. The number of rotatable bonds is 10. The third-order valence-electron chi connectivity index (χ3n) is 2.85. The van der Waals surface area contributed by atoms with Gasteiger partial charge in [-0.25, -0.2) is 4.79 Å². The van der Waals surface area contributed by atoms with E-state index in [0.717, 1.165) is 0 Å². The maximum Gasteiger partial charge on any atom is 0.330 e. The monoisotopic (exact) mass is 285 g/mol. The summed E-state index contributed by atoms with van der Waals surface area (Å²) in [7, 11) is 1.62. The van der Waals surface area contributed by atoms with E-state index < -0.39 is 0 Å². The predicted octanol–water partition coefficient (Wildman–Crippen LogP) is -0.588. The molecule has 0 bridgehead atoms. The predicted molar refractivity (Wildman–Crippen MR) is 75.9 cm³/mol. The first-order chi connectivity index (χ1) is 9.70. The summed E-state index contributed by atoms with van der Waals surface area (Å²) >= 11 is 0. The molecule has 0 atom stereocenters. The van der Waals surface area contributed by atoms with E-state index in [1.54, 1.807) is 7.11 Å². The van der Waals surface area contributed by atoms with Gasteiger partial charge >= 0.3 is 5.69 Å². The van der Waals surface area contributed by atoms with Gasteiger partial charge in [0.15, 0.2) is 0 Å². The number of hydrogen-bond donors (Lipinski definition) is 1. The average Bonchev–Trinajstić information content (AvgIpc) is 2.44. The van der Waals surface area contributed by atoms with Crippen LogP contribution in [0.3, 0.4) is 0 Å². The van der Waals surface area contributed by atoms with Gasteiger partial charge < -0.3 is 19.8 Å². The molecule has 1 heterocycles. The van der Waals surface area contributed by atoms with Crippen LogP contribution in [-0.4, -0.2) is 42.6 Å². The van der Waals surface area contributed by atoms with Crippen LogP contribution in [0.2, 0.25) is 0 Å². The third kappa shape index (κ3) is 5.28. The highest BCUT2D eigenvalue weighted by molar-refractivity contribution is 4.86. The van der Waals surface area contributed by atoms with Gasteiger partial charge in [0.25, 0.3) is 5.56 Å². The molecule has 1 aromatic heterocycles. The lowest BCUT2D eigenvalue weighted by Gasteiger charge is -2.09. The fourth-order valence-electron chi connectivity index (χ4n) is 1.76. The number of aromatic nitrogens is 2. The molecule has 1 aromatic rings. The number of nitrogens with zero attached hydrogens (tertiary/aromatic N) is 2. The van der Waals surface area contributed by atoms with Crippen LogP contribution in [0, 0.1) is 0 Å². The smallest absolute Gasteiger partial charge is 0.330 e. The topological polar surface area (TPSA) is 88.5 Å². The van der Waals surface area contributed by atoms with Crippen molar-refractivity contribution in [2.45, 2.75) is 25.9 Å². The maximum atomic E-state index is 12.1. The molecular formula is C13H23N3O4. The molecule has 0 aliphatic heterocycles. The van der Waals surface area contributed by atoms with Gasteiger partial charge in [-0.15, -0.1) is 0 Å². The maximum absolute atomic E-state index is 12.1. The lowest BCUT2D eigenvalue weighted by molar-refractivity contribution is 0.0678. The van der Waals surface area contributed by atoms with Crippen LogP contribution < -0.4 is 17.0 Å². The molecule has 7 heteroatoms. The van der Waals surface area contributed by atoms with Gasteiger partial charge in [-0.2, -0.15) is 0 Å². The molecule has 0 saturated heterocycles. The van der Waals surface area contributed by atoms with E-state index in [0.29, 0.717) is 52.3 Å². The molecule has 0 aliphatic carbocycles. The molecule has 0 unspecified atom stereocenters. The fourth-order valence-corrected chi connectivity index (χ4v) is 1.76. The Kier molecular flexibility index (Phi) is 7.86. The summed E-state index contributed by atoms with van der Waals surface area (Å²) < 4.78 is 12.9. The third-order valence-corrected chi connectivity index (χ3v) is 2.85. The van der Waals surface area contributed by atoms with Crippen molar-refractivity contribution in [1.82, 2.24) is 9.13 Å². The van der Waals surface area contributed by atoms with Crippen molar-refractivity contribution in [3.05, 3.63) is 33.1 Å². The van der Waals surface area contributed by atoms with Crippen molar-refractivity contribution in [3.63, 3.8) is 0 Å². The van der Waals surface area contributed by atoms with Crippen LogP contribution in [0.4, 0.5) is 0 Å². The molecule has 0 fully saturated rings. The van der Waals surface area contributed by atoms with Crippen molar-refractivity contribution >= 4 is 0 Å². The Morgan fingerprint density at radius 1 is 1.15 bits per heavy atom. The lowest BCUT2D eigenvalue weighted by Crippen LogP contribution is -2.39. The van der Waals surface area contributed by atoms with Gasteiger partial charge in [0.05, 0.1) is 13.2 Å². The molecule has 2 N–H and O–H groups in total. The minimum atomic E-state index is -0.289. The second kappa shape index (κ2) is 9.46. The number of nitrogens with two attached hydrogens (primary N) is 1. The molecule has 1 rings (SSSR count). The molecule has 0 radical (unpaired) electrons. The van der Waals surface area contributed by atoms with Crippen LogP contribution in [0.1, 0.15) is 12.8 Å². The summed E-state index contributed by atoms with van der Waals surface area (Å²) in [5, 5.41) is 0. The van der Waals surface area contributed by atoms with E-state index in [9.17, 15) is 9.59 Å². The van der Waals surface area contributed by atoms with Gasteiger partial charge in [0.1, 0.15) is 0 Å². The number of aryl methyl sites for hydroxylation is 1. The van der Waals surface area contributed by atoms with Crippen LogP contribution in [-0.2, 0) is 22.6 Å². The SMILES string of the molecule is COCCOCCCn1ccc(=O)n(CCCN)c1=O. The summed E-state index contributed by atoms with van der Waals surface area (Å²) in [6, 6.07) is 1.41. The second-order valence-electron chi connectivity index (χ2n) is 4.38. The van der Waals surface area contributed by atoms with Gasteiger partial charge in [0.2, 0.25) is 0 Å². The van der Waals surface area contributed by atoms with E-state index in [2.05, 4.69) is 0 Å². The molecular weight excluding hydrogens is 262 g/mol. The normalized spacial score (nSPS) is 10.9. The zero-order valence-electron chi connectivity index (χ0n) is 11.9. The average molecular weight is 285 g/mol. The lowest BCUT2D eigenvalue weighted by atomic mass is 10.4. The summed E-state index contributed by atoms with van der Waals surface area (Å²) in [6.07, 6.45) is 2.84. The first-order valence-electron chi connectivity index (χ1n) is 6.77. The number of methoxy groups -OCH3 is 1. The number of hydrogen-bond acceptors (Lipinski definition) is 5. The Bertz CT molecular complexity index is 495. The highest BCUT2D eigenvalue weighted by Crippen LogP contribution is 1.89. The Balaban J connectivity index is 2.54. The Morgan fingerprint density at radius 3 is 2.65 bits per heavy atom. The molecule has 20 heavy (non-hydrogen) atoms. The molecule has 0 saturated carbocycles. The quantitative estimate of drug-likeness (QED) is 0.581. The first-order valence-corrected chi connectivity index (χ1v) is 6.77. The van der Waals surface area contributed by atoms with E-state index >= 15 is 0 Å². The molecule has 0 amide bonds. The second-order valence-corrected chi connectivity index (χ2v) is 4.38. The largest absolute Gasteiger partial charge is 0.382 e. The number of ether oxygens (including phenoxy) is 2. The minimum Gasteiger partial charge on any atom is -0.382 e. The Hall–Kier alpha value is -1.44. The summed E-state index contributed by atoms with van der Waals surface area (Å²) in [6.45, 7) is 2.99. The van der Waals surface area contributed by atoms with Crippen LogP contribution in [0.15, 0.2) is 21.9 Å². The standard InChI is InChI=1S/C13H23N3O4/c1-19-10-11-20-9-3-6-15-8-4-12(17)16(13(15)18)7-2-5-14/h4,8H,2-3,5-7,9-11,14H2,1H3. The van der Waals surface area contributed by atoms with Gasteiger partial charge in [-0.3, -0.25) is 9.36 Å². The molecule has 114 valence electrons.